The van der Waals surface area contributed by atoms with Crippen molar-refractivity contribution in [3.63, 3.8) is 0 Å². The Hall–Kier alpha value is -2.98. The topological polar surface area (TPSA) is 89.9 Å². The highest BCUT2D eigenvalue weighted by molar-refractivity contribution is 5.79. The fraction of sp³-hybridized carbons (Fsp3) is 0.471. The molecule has 0 radical (unpaired) electrons. The minimum absolute atomic E-state index is 0.0924. The second-order valence-corrected chi connectivity index (χ2v) is 6.84. The number of likely N-dealkylation sites (tertiary alicyclic amines) is 1. The van der Waals surface area contributed by atoms with Gasteiger partial charge in [-0.05, 0) is 38.0 Å². The Morgan fingerprint density at radius 1 is 1.32 bits per heavy atom. The first kappa shape index (κ1) is 18.4. The third-order valence-electron chi connectivity index (χ3n) is 4.96. The Balaban J connectivity index is 1.53. The average molecular weight is 394 g/mol. The zero-order chi connectivity index (χ0) is 19.9. The summed E-state index contributed by atoms with van der Waals surface area (Å²) < 4.78 is 44.9. The lowest BCUT2D eigenvalue weighted by Crippen LogP contribution is -2.41. The van der Waals surface area contributed by atoms with Crippen molar-refractivity contribution in [1.82, 2.24) is 30.2 Å². The van der Waals surface area contributed by atoms with Crippen LogP contribution in [0.5, 0.6) is 0 Å². The van der Waals surface area contributed by atoms with Gasteiger partial charge < -0.3 is 4.90 Å². The number of aromatic nitrogens is 5. The van der Waals surface area contributed by atoms with Gasteiger partial charge in [0.1, 0.15) is 16.9 Å². The predicted octanol–water partition coefficient (Wildman–Crippen LogP) is 2.55. The number of fused-ring (bicyclic) bond motifs is 1. The number of aryl methyl sites for hydroxylation is 1. The molecule has 0 aliphatic carbocycles. The minimum Gasteiger partial charge on any atom is -0.340 e. The van der Waals surface area contributed by atoms with Gasteiger partial charge >= 0.3 is 6.18 Å². The van der Waals surface area contributed by atoms with Crippen LogP contribution in [0.1, 0.15) is 35.8 Å². The molecule has 0 spiro atoms. The summed E-state index contributed by atoms with van der Waals surface area (Å²) in [7, 11) is 0. The van der Waals surface area contributed by atoms with Crippen molar-refractivity contribution in [3.05, 3.63) is 35.2 Å². The highest BCUT2D eigenvalue weighted by Gasteiger charge is 2.32. The number of piperidine rings is 1. The molecule has 148 valence electrons. The lowest BCUT2D eigenvalue weighted by Gasteiger charge is -2.32. The summed E-state index contributed by atoms with van der Waals surface area (Å²) in [6.07, 6.45) is -2.82. The maximum absolute atomic E-state index is 12.9. The van der Waals surface area contributed by atoms with E-state index in [1.807, 2.05) is 0 Å². The van der Waals surface area contributed by atoms with Crippen LogP contribution in [0.25, 0.3) is 11.0 Å². The minimum atomic E-state index is -4.43. The maximum atomic E-state index is 12.9. The van der Waals surface area contributed by atoms with Gasteiger partial charge in [-0.1, -0.05) is 15.5 Å². The predicted molar refractivity (Wildman–Crippen MR) is 90.1 cm³/mol. The number of hydrogen-bond acceptors (Lipinski definition) is 6. The van der Waals surface area contributed by atoms with Crippen molar-refractivity contribution < 1.29 is 22.6 Å². The van der Waals surface area contributed by atoms with Crippen LogP contribution in [0.3, 0.4) is 0 Å². The van der Waals surface area contributed by atoms with Gasteiger partial charge in [-0.25, -0.2) is 9.31 Å². The standard InChI is InChI=1S/C17H17F3N6O2/c1-10-13(23-28-22-10)8-16(27)25-6-2-3-12(9-25)26-15-5-4-11(17(18,19)20)7-14(15)21-24-26/h4-5,7,12H,2-3,6,8-9H2,1H3/t12-/m0/s1. The number of alkyl halides is 3. The molecule has 0 unspecified atom stereocenters. The van der Waals surface area contributed by atoms with E-state index in [2.05, 4.69) is 25.3 Å². The second-order valence-electron chi connectivity index (χ2n) is 6.84. The van der Waals surface area contributed by atoms with Crippen LogP contribution in [-0.2, 0) is 17.4 Å². The van der Waals surface area contributed by atoms with Gasteiger partial charge in [0, 0.05) is 13.1 Å². The van der Waals surface area contributed by atoms with Gasteiger partial charge in [0.05, 0.1) is 23.5 Å². The molecule has 3 heterocycles. The van der Waals surface area contributed by atoms with Gasteiger partial charge in [-0.2, -0.15) is 13.2 Å². The van der Waals surface area contributed by atoms with Crippen LogP contribution < -0.4 is 0 Å². The van der Waals surface area contributed by atoms with Crippen molar-refractivity contribution in [2.24, 2.45) is 0 Å². The van der Waals surface area contributed by atoms with E-state index < -0.39 is 11.7 Å². The zero-order valence-electron chi connectivity index (χ0n) is 15.0. The fourth-order valence-corrected chi connectivity index (χ4v) is 3.43. The highest BCUT2D eigenvalue weighted by atomic mass is 19.4. The van der Waals surface area contributed by atoms with Crippen molar-refractivity contribution in [2.45, 2.75) is 38.4 Å². The number of halogens is 3. The number of hydrogen-bond donors (Lipinski definition) is 0. The molecule has 11 heteroatoms. The lowest BCUT2D eigenvalue weighted by molar-refractivity contribution is -0.137. The Morgan fingerprint density at radius 3 is 2.86 bits per heavy atom. The van der Waals surface area contributed by atoms with E-state index in [0.717, 1.165) is 25.0 Å². The van der Waals surface area contributed by atoms with Crippen molar-refractivity contribution in [3.8, 4) is 0 Å². The SMILES string of the molecule is Cc1nonc1CC(=O)N1CCC[C@H](n2nnc3cc(C(F)(F)F)ccc32)C1. The van der Waals surface area contributed by atoms with Crippen molar-refractivity contribution in [2.75, 3.05) is 13.1 Å². The van der Waals surface area contributed by atoms with E-state index in [-0.39, 0.29) is 23.9 Å². The van der Waals surface area contributed by atoms with Crippen LogP contribution in [0.2, 0.25) is 0 Å². The monoisotopic (exact) mass is 394 g/mol. The fourth-order valence-electron chi connectivity index (χ4n) is 3.43. The third-order valence-corrected chi connectivity index (χ3v) is 4.96. The lowest BCUT2D eigenvalue weighted by atomic mass is 10.0. The molecule has 1 atom stereocenters. The van der Waals surface area contributed by atoms with Gasteiger partial charge in [0.2, 0.25) is 5.91 Å². The molecule has 1 saturated heterocycles. The van der Waals surface area contributed by atoms with Crippen LogP contribution >= 0.6 is 0 Å². The maximum Gasteiger partial charge on any atom is 0.416 e. The van der Waals surface area contributed by atoms with E-state index in [1.54, 1.807) is 16.5 Å². The van der Waals surface area contributed by atoms with Crippen molar-refractivity contribution in [1.29, 1.82) is 0 Å². The van der Waals surface area contributed by atoms with Gasteiger partial charge in [-0.15, -0.1) is 5.10 Å². The number of carbonyl (C=O) groups excluding carboxylic acids is 1. The van der Waals surface area contributed by atoms with E-state index >= 15 is 0 Å². The Kier molecular flexibility index (Phi) is 4.52. The van der Waals surface area contributed by atoms with Gasteiger partial charge in [0.15, 0.2) is 0 Å². The first-order valence-corrected chi connectivity index (χ1v) is 8.81. The molecule has 0 saturated carbocycles. The molecule has 2 aromatic heterocycles. The van der Waals surface area contributed by atoms with E-state index in [1.165, 1.54) is 6.07 Å². The Bertz CT molecular complexity index is 1010. The molecule has 4 rings (SSSR count). The van der Waals surface area contributed by atoms with Crippen LogP contribution in [0, 0.1) is 6.92 Å². The molecule has 0 N–H and O–H groups in total. The number of rotatable bonds is 3. The van der Waals surface area contributed by atoms with Crippen LogP contribution in [-0.4, -0.2) is 49.2 Å². The Labute approximate surface area is 157 Å². The summed E-state index contributed by atoms with van der Waals surface area (Å²) in [5, 5.41) is 15.3. The molecule has 8 nitrogen and oxygen atoms in total. The number of carbonyl (C=O) groups is 1. The molecule has 3 aromatic rings. The van der Waals surface area contributed by atoms with E-state index in [9.17, 15) is 18.0 Å². The summed E-state index contributed by atoms with van der Waals surface area (Å²) in [6, 6.07) is 3.23. The number of amides is 1. The zero-order valence-corrected chi connectivity index (χ0v) is 15.0. The molecule has 1 aromatic carbocycles. The molecule has 1 fully saturated rings. The summed E-state index contributed by atoms with van der Waals surface area (Å²) in [4.78, 5) is 14.3. The summed E-state index contributed by atoms with van der Waals surface area (Å²) in [5.74, 6) is -0.104. The first-order chi connectivity index (χ1) is 13.3. The Morgan fingerprint density at radius 2 is 2.14 bits per heavy atom. The highest BCUT2D eigenvalue weighted by Crippen LogP contribution is 2.32. The normalized spacial score (nSPS) is 18.0. The summed E-state index contributed by atoms with van der Waals surface area (Å²) >= 11 is 0. The molecule has 1 aliphatic heterocycles. The summed E-state index contributed by atoms with van der Waals surface area (Å²) in [6.45, 7) is 2.72. The van der Waals surface area contributed by atoms with Gasteiger partial charge in [-0.3, -0.25) is 4.79 Å². The molecule has 28 heavy (non-hydrogen) atoms. The van der Waals surface area contributed by atoms with Crippen molar-refractivity contribution >= 4 is 16.9 Å². The molecule has 0 bridgehead atoms. The van der Waals surface area contributed by atoms with Crippen LogP contribution in [0.15, 0.2) is 22.8 Å². The first-order valence-electron chi connectivity index (χ1n) is 8.81. The quantitative estimate of drug-likeness (QED) is 0.678. The molecule has 1 aliphatic rings. The second kappa shape index (κ2) is 6.88. The molecular weight excluding hydrogens is 377 g/mol. The average Bonchev–Trinajstić information content (AvgIpc) is 3.27. The van der Waals surface area contributed by atoms with E-state index in [0.29, 0.717) is 30.0 Å². The molecular formula is C17H17F3N6O2. The smallest absolute Gasteiger partial charge is 0.340 e. The third kappa shape index (κ3) is 3.43. The summed E-state index contributed by atoms with van der Waals surface area (Å²) in [5.41, 5.74) is 1.01. The van der Waals surface area contributed by atoms with Gasteiger partial charge in [0.25, 0.3) is 0 Å². The molecule has 1 amide bonds. The van der Waals surface area contributed by atoms with E-state index in [4.69, 9.17) is 0 Å². The number of benzene rings is 1. The largest absolute Gasteiger partial charge is 0.416 e. The number of nitrogens with zero attached hydrogens (tertiary/aromatic N) is 6. The van der Waals surface area contributed by atoms with Crippen LogP contribution in [0.4, 0.5) is 13.2 Å².